The van der Waals surface area contributed by atoms with Crippen molar-refractivity contribution in [3.8, 4) is 0 Å². The second-order valence-corrected chi connectivity index (χ2v) is 4.77. The molecule has 2 N–H and O–H groups in total. The van der Waals surface area contributed by atoms with E-state index >= 15 is 0 Å². The molecule has 0 spiro atoms. The number of halogens is 1. The first-order chi connectivity index (χ1) is 6.93. The molecule has 0 saturated carbocycles. The van der Waals surface area contributed by atoms with Crippen LogP contribution in [-0.2, 0) is 4.79 Å². The lowest BCUT2D eigenvalue weighted by Crippen LogP contribution is -2.38. The number of carbonyl (C=O) groups excluding carboxylic acids is 1. The first kappa shape index (κ1) is 12.2. The molecule has 0 bridgehead atoms. The van der Waals surface area contributed by atoms with Gasteiger partial charge in [0.25, 0.3) is 5.91 Å². The molecule has 6 heteroatoms. The standard InChI is InChI=1S/C9H10BrNO3S/c1-4-3-15-7(6(4)10)8(12)11-5(2)9(13)14/h3,5H,1-2H3,(H,11,12)(H,13,14). The number of aryl methyl sites for hydroxylation is 1. The van der Waals surface area contributed by atoms with Crippen LogP contribution in [-0.4, -0.2) is 23.0 Å². The van der Waals surface area contributed by atoms with Gasteiger partial charge in [0.2, 0.25) is 0 Å². The Bertz CT molecular complexity index is 402. The lowest BCUT2D eigenvalue weighted by Gasteiger charge is -2.07. The normalized spacial score (nSPS) is 12.2. The van der Waals surface area contributed by atoms with Crippen LogP contribution in [0.25, 0.3) is 0 Å². The highest BCUT2D eigenvalue weighted by Crippen LogP contribution is 2.27. The van der Waals surface area contributed by atoms with Crippen LogP contribution < -0.4 is 5.32 Å². The van der Waals surface area contributed by atoms with Gasteiger partial charge in [-0.05, 0) is 40.7 Å². The summed E-state index contributed by atoms with van der Waals surface area (Å²) in [5.41, 5.74) is 0.966. The third-order valence-corrected chi connectivity index (χ3v) is 4.20. The largest absolute Gasteiger partial charge is 0.480 e. The number of carboxylic acids is 1. The van der Waals surface area contributed by atoms with Gasteiger partial charge in [-0.15, -0.1) is 11.3 Å². The Morgan fingerprint density at radius 3 is 2.60 bits per heavy atom. The summed E-state index contributed by atoms with van der Waals surface area (Å²) in [6, 6.07) is -0.883. The van der Waals surface area contributed by atoms with Crippen LogP contribution in [0.5, 0.6) is 0 Å². The molecule has 0 aliphatic rings. The first-order valence-electron chi connectivity index (χ1n) is 4.20. The third kappa shape index (κ3) is 2.79. The van der Waals surface area contributed by atoms with E-state index in [0.29, 0.717) is 4.88 Å². The van der Waals surface area contributed by atoms with Crippen LogP contribution in [0.1, 0.15) is 22.2 Å². The Morgan fingerprint density at radius 1 is 1.60 bits per heavy atom. The minimum absolute atomic E-state index is 0.366. The van der Waals surface area contributed by atoms with Gasteiger partial charge in [0.05, 0.1) is 0 Å². The van der Waals surface area contributed by atoms with E-state index in [0.717, 1.165) is 10.0 Å². The second kappa shape index (κ2) is 4.76. The maximum Gasteiger partial charge on any atom is 0.325 e. The minimum Gasteiger partial charge on any atom is -0.480 e. The second-order valence-electron chi connectivity index (χ2n) is 3.10. The highest BCUT2D eigenvalue weighted by atomic mass is 79.9. The average molecular weight is 292 g/mol. The number of thiophene rings is 1. The van der Waals surface area contributed by atoms with Gasteiger partial charge in [0.1, 0.15) is 10.9 Å². The highest BCUT2D eigenvalue weighted by Gasteiger charge is 2.19. The molecule has 0 saturated heterocycles. The molecule has 0 radical (unpaired) electrons. The van der Waals surface area contributed by atoms with Crippen LogP contribution in [0.3, 0.4) is 0 Å². The molecular weight excluding hydrogens is 282 g/mol. The molecule has 0 aliphatic carbocycles. The van der Waals surface area contributed by atoms with Crippen molar-refractivity contribution in [1.82, 2.24) is 5.32 Å². The average Bonchev–Trinajstić information content (AvgIpc) is 2.47. The van der Waals surface area contributed by atoms with Gasteiger partial charge in [-0.25, -0.2) is 0 Å². The van der Waals surface area contributed by atoms with E-state index in [1.165, 1.54) is 18.3 Å². The van der Waals surface area contributed by atoms with Crippen LogP contribution in [0.4, 0.5) is 0 Å². The summed E-state index contributed by atoms with van der Waals surface area (Å²) in [4.78, 5) is 22.6. The Kier molecular flexibility index (Phi) is 3.87. The van der Waals surface area contributed by atoms with E-state index in [-0.39, 0.29) is 5.91 Å². The fourth-order valence-corrected chi connectivity index (χ4v) is 2.48. The molecule has 15 heavy (non-hydrogen) atoms. The van der Waals surface area contributed by atoms with Gasteiger partial charge in [-0.3, -0.25) is 9.59 Å². The highest BCUT2D eigenvalue weighted by molar-refractivity contribution is 9.10. The van der Waals surface area contributed by atoms with Crippen molar-refractivity contribution in [2.24, 2.45) is 0 Å². The quantitative estimate of drug-likeness (QED) is 0.895. The van der Waals surface area contributed by atoms with Crippen molar-refractivity contribution in [2.75, 3.05) is 0 Å². The third-order valence-electron chi connectivity index (χ3n) is 1.82. The lowest BCUT2D eigenvalue weighted by atomic mass is 10.3. The molecule has 0 fully saturated rings. The van der Waals surface area contributed by atoms with E-state index in [1.807, 2.05) is 12.3 Å². The zero-order valence-corrected chi connectivity index (χ0v) is 10.6. The monoisotopic (exact) mass is 291 g/mol. The van der Waals surface area contributed by atoms with Crippen LogP contribution >= 0.6 is 27.3 Å². The number of rotatable bonds is 3. The van der Waals surface area contributed by atoms with Gasteiger partial charge < -0.3 is 10.4 Å². The molecule has 1 aromatic heterocycles. The number of carboxylic acid groups (broad SMARTS) is 1. The van der Waals surface area contributed by atoms with E-state index < -0.39 is 12.0 Å². The molecule has 0 aliphatic heterocycles. The molecule has 1 unspecified atom stereocenters. The fourth-order valence-electron chi connectivity index (χ4n) is 0.907. The molecule has 1 heterocycles. The summed E-state index contributed by atoms with van der Waals surface area (Å²) < 4.78 is 0.725. The van der Waals surface area contributed by atoms with Gasteiger partial charge in [0, 0.05) is 4.47 Å². The maximum atomic E-state index is 11.6. The van der Waals surface area contributed by atoms with E-state index in [9.17, 15) is 9.59 Å². The summed E-state index contributed by atoms with van der Waals surface area (Å²) in [7, 11) is 0. The van der Waals surface area contributed by atoms with Gasteiger partial charge in [-0.2, -0.15) is 0 Å². The zero-order chi connectivity index (χ0) is 11.6. The smallest absolute Gasteiger partial charge is 0.325 e. The molecule has 1 rings (SSSR count). The number of amides is 1. The number of hydrogen-bond donors (Lipinski definition) is 2. The Morgan fingerprint density at radius 2 is 2.20 bits per heavy atom. The summed E-state index contributed by atoms with van der Waals surface area (Å²) >= 11 is 4.57. The van der Waals surface area contributed by atoms with Gasteiger partial charge in [0.15, 0.2) is 0 Å². The summed E-state index contributed by atoms with van der Waals surface area (Å²) in [6.45, 7) is 3.30. The first-order valence-corrected chi connectivity index (χ1v) is 5.88. The van der Waals surface area contributed by atoms with Gasteiger partial charge >= 0.3 is 5.97 Å². The van der Waals surface area contributed by atoms with Crippen molar-refractivity contribution in [2.45, 2.75) is 19.9 Å². The van der Waals surface area contributed by atoms with E-state index in [4.69, 9.17) is 5.11 Å². The number of nitrogens with one attached hydrogen (secondary N) is 1. The Balaban J connectivity index is 2.78. The molecule has 0 aromatic carbocycles. The molecular formula is C9H10BrNO3S. The lowest BCUT2D eigenvalue weighted by molar-refractivity contribution is -0.138. The number of hydrogen-bond acceptors (Lipinski definition) is 3. The minimum atomic E-state index is -1.05. The van der Waals surface area contributed by atoms with Crippen LogP contribution in [0.2, 0.25) is 0 Å². The molecule has 1 amide bonds. The summed E-state index contributed by atoms with van der Waals surface area (Å²) in [6.07, 6.45) is 0. The fraction of sp³-hybridized carbons (Fsp3) is 0.333. The summed E-state index contributed by atoms with van der Waals surface area (Å²) in [5, 5.41) is 12.9. The predicted molar refractivity (Wildman–Crippen MR) is 61.3 cm³/mol. The van der Waals surface area contributed by atoms with Gasteiger partial charge in [-0.1, -0.05) is 0 Å². The Labute approximate surface area is 99.4 Å². The number of aliphatic carboxylic acids is 1. The Hall–Kier alpha value is -0.880. The van der Waals surface area contributed by atoms with E-state index in [2.05, 4.69) is 21.2 Å². The van der Waals surface area contributed by atoms with Crippen LogP contribution in [0.15, 0.2) is 9.85 Å². The molecule has 4 nitrogen and oxygen atoms in total. The molecule has 1 aromatic rings. The summed E-state index contributed by atoms with van der Waals surface area (Å²) in [5.74, 6) is -1.41. The maximum absolute atomic E-state index is 11.6. The van der Waals surface area contributed by atoms with Crippen molar-refractivity contribution in [3.63, 3.8) is 0 Å². The van der Waals surface area contributed by atoms with Crippen molar-refractivity contribution >= 4 is 39.1 Å². The van der Waals surface area contributed by atoms with Crippen molar-refractivity contribution < 1.29 is 14.7 Å². The van der Waals surface area contributed by atoms with Crippen molar-refractivity contribution in [3.05, 3.63) is 20.3 Å². The molecule has 82 valence electrons. The molecule has 1 atom stereocenters. The SMILES string of the molecule is Cc1csc(C(=O)NC(C)C(=O)O)c1Br. The predicted octanol–water partition coefficient (Wildman–Crippen LogP) is 2.02. The number of carbonyl (C=O) groups is 2. The van der Waals surface area contributed by atoms with E-state index in [1.54, 1.807) is 0 Å². The van der Waals surface area contributed by atoms with Crippen molar-refractivity contribution in [1.29, 1.82) is 0 Å². The zero-order valence-electron chi connectivity index (χ0n) is 8.20. The topological polar surface area (TPSA) is 66.4 Å². The van der Waals surface area contributed by atoms with Crippen LogP contribution in [0, 0.1) is 6.92 Å².